The second kappa shape index (κ2) is 5.51. The number of nitrogens with two attached hydrogens (primary N) is 1. The number of aromatic nitrogens is 1. The van der Waals surface area contributed by atoms with E-state index in [4.69, 9.17) is 5.73 Å². The van der Waals surface area contributed by atoms with Crippen molar-refractivity contribution >= 4 is 10.9 Å². The summed E-state index contributed by atoms with van der Waals surface area (Å²) >= 11 is 0. The average molecular weight is 224 g/mol. The molecule has 2 rings (SSSR count). The van der Waals surface area contributed by atoms with Gasteiger partial charge in [-0.1, -0.05) is 13.8 Å². The Bertz CT molecular complexity index is 465. The number of fused-ring (bicyclic) bond motifs is 1. The van der Waals surface area contributed by atoms with Crippen LogP contribution in [0.15, 0.2) is 18.3 Å². The zero-order valence-electron chi connectivity index (χ0n) is 9.55. The summed E-state index contributed by atoms with van der Waals surface area (Å²) < 4.78 is 12.9. The number of aromatic hydroxyl groups is 1. The number of benzene rings is 1. The number of rotatable bonds is 2. The Balaban J connectivity index is 0.000000606. The molecule has 1 aromatic heterocycles. The molecular formula is C12H17FN2O. The first-order valence-corrected chi connectivity index (χ1v) is 5.41. The molecule has 0 saturated heterocycles. The van der Waals surface area contributed by atoms with Crippen molar-refractivity contribution in [2.45, 2.75) is 20.3 Å². The summed E-state index contributed by atoms with van der Waals surface area (Å²) in [6, 6.07) is 2.71. The largest absolute Gasteiger partial charge is 0.505 e. The highest BCUT2D eigenvalue weighted by Gasteiger charge is 2.07. The molecule has 1 heterocycles. The van der Waals surface area contributed by atoms with Crippen molar-refractivity contribution in [2.24, 2.45) is 5.73 Å². The quantitative estimate of drug-likeness (QED) is 0.734. The Morgan fingerprint density at radius 1 is 1.38 bits per heavy atom. The standard InChI is InChI=1S/C10H11FN2O.C2H6/c11-8-4-9-7(3-10(8)14)6(1-2-12)5-13-9;1-2/h3-5,13-14H,1-2,12H2;1-2H3. The van der Waals surface area contributed by atoms with Crippen LogP contribution < -0.4 is 5.73 Å². The molecule has 4 N–H and O–H groups in total. The topological polar surface area (TPSA) is 62.0 Å². The molecule has 16 heavy (non-hydrogen) atoms. The Labute approximate surface area is 94.1 Å². The van der Waals surface area contributed by atoms with Crippen LogP contribution in [0.3, 0.4) is 0 Å². The molecule has 0 aliphatic rings. The van der Waals surface area contributed by atoms with E-state index in [2.05, 4.69) is 4.98 Å². The van der Waals surface area contributed by atoms with Crippen LogP contribution in [0.25, 0.3) is 10.9 Å². The highest BCUT2D eigenvalue weighted by molar-refractivity contribution is 5.84. The van der Waals surface area contributed by atoms with Crippen LogP contribution in [-0.2, 0) is 6.42 Å². The van der Waals surface area contributed by atoms with Crippen LogP contribution in [0.4, 0.5) is 4.39 Å². The van der Waals surface area contributed by atoms with Gasteiger partial charge in [0.25, 0.3) is 0 Å². The summed E-state index contributed by atoms with van der Waals surface area (Å²) in [7, 11) is 0. The third-order valence-corrected chi connectivity index (χ3v) is 2.25. The average Bonchev–Trinajstić information content (AvgIpc) is 2.66. The van der Waals surface area contributed by atoms with Gasteiger partial charge in [-0.2, -0.15) is 0 Å². The molecule has 0 saturated carbocycles. The van der Waals surface area contributed by atoms with Crippen molar-refractivity contribution in [3.05, 3.63) is 29.7 Å². The van der Waals surface area contributed by atoms with Gasteiger partial charge in [0.15, 0.2) is 11.6 Å². The summed E-state index contributed by atoms with van der Waals surface area (Å²) in [6.45, 7) is 4.53. The van der Waals surface area contributed by atoms with Gasteiger partial charge >= 0.3 is 0 Å². The lowest BCUT2D eigenvalue weighted by Crippen LogP contribution is -2.01. The predicted molar refractivity (Wildman–Crippen MR) is 64.0 cm³/mol. The molecule has 2 aromatic rings. The molecule has 0 radical (unpaired) electrons. The zero-order valence-corrected chi connectivity index (χ0v) is 9.55. The molecule has 4 heteroatoms. The van der Waals surface area contributed by atoms with Crippen LogP contribution in [0.2, 0.25) is 0 Å². The highest BCUT2D eigenvalue weighted by Crippen LogP contribution is 2.25. The number of H-pyrrole nitrogens is 1. The molecule has 3 nitrogen and oxygen atoms in total. The third-order valence-electron chi connectivity index (χ3n) is 2.25. The third kappa shape index (κ3) is 2.33. The van der Waals surface area contributed by atoms with Gasteiger partial charge in [-0.3, -0.25) is 0 Å². The Hall–Kier alpha value is -1.55. The minimum absolute atomic E-state index is 0.324. The van der Waals surface area contributed by atoms with Gasteiger partial charge in [0.2, 0.25) is 0 Å². The second-order valence-corrected chi connectivity index (χ2v) is 3.20. The van der Waals surface area contributed by atoms with E-state index in [9.17, 15) is 9.50 Å². The minimum atomic E-state index is -0.612. The van der Waals surface area contributed by atoms with E-state index in [1.807, 2.05) is 13.8 Å². The van der Waals surface area contributed by atoms with E-state index in [1.165, 1.54) is 12.1 Å². The van der Waals surface area contributed by atoms with E-state index in [1.54, 1.807) is 6.20 Å². The van der Waals surface area contributed by atoms with Crippen LogP contribution in [0.1, 0.15) is 19.4 Å². The van der Waals surface area contributed by atoms with E-state index >= 15 is 0 Å². The SMILES string of the molecule is CC.NCCc1c[nH]c2cc(F)c(O)cc12. The molecule has 0 aliphatic heterocycles. The van der Waals surface area contributed by atoms with Crippen molar-refractivity contribution in [3.8, 4) is 5.75 Å². The first-order valence-electron chi connectivity index (χ1n) is 5.41. The van der Waals surface area contributed by atoms with Crippen molar-refractivity contribution in [1.29, 1.82) is 0 Å². The Morgan fingerprint density at radius 2 is 2.06 bits per heavy atom. The molecule has 0 fully saturated rings. The molecule has 0 aliphatic carbocycles. The molecule has 1 aromatic carbocycles. The fourth-order valence-electron chi connectivity index (χ4n) is 1.55. The molecule has 0 spiro atoms. The summed E-state index contributed by atoms with van der Waals surface area (Å²) in [6.07, 6.45) is 2.50. The fourth-order valence-corrected chi connectivity index (χ4v) is 1.55. The number of hydrogen-bond donors (Lipinski definition) is 3. The summed E-state index contributed by atoms with van der Waals surface area (Å²) in [5, 5.41) is 10.0. The molecule has 0 amide bonds. The van der Waals surface area contributed by atoms with Crippen LogP contribution in [-0.4, -0.2) is 16.6 Å². The van der Waals surface area contributed by atoms with Crippen LogP contribution >= 0.6 is 0 Å². The zero-order chi connectivity index (χ0) is 12.1. The number of hydrogen-bond acceptors (Lipinski definition) is 2. The van der Waals surface area contributed by atoms with E-state index in [0.29, 0.717) is 18.5 Å². The number of nitrogens with one attached hydrogen (secondary N) is 1. The van der Waals surface area contributed by atoms with E-state index in [0.717, 1.165) is 10.9 Å². The lowest BCUT2D eigenvalue weighted by atomic mass is 10.1. The normalized spacial score (nSPS) is 10.0. The number of halogens is 1. The molecule has 88 valence electrons. The number of phenolic OH excluding ortho intramolecular Hbond substituents is 1. The maximum absolute atomic E-state index is 12.9. The Kier molecular flexibility index (Phi) is 4.31. The summed E-state index contributed by atoms with van der Waals surface area (Å²) in [4.78, 5) is 2.93. The number of phenols is 1. The maximum Gasteiger partial charge on any atom is 0.166 e. The van der Waals surface area contributed by atoms with Crippen molar-refractivity contribution in [1.82, 2.24) is 4.98 Å². The lowest BCUT2D eigenvalue weighted by molar-refractivity contribution is 0.433. The van der Waals surface area contributed by atoms with Crippen molar-refractivity contribution in [3.63, 3.8) is 0 Å². The maximum atomic E-state index is 12.9. The molecular weight excluding hydrogens is 207 g/mol. The van der Waals surface area contributed by atoms with Gasteiger partial charge in [0, 0.05) is 23.2 Å². The number of aromatic amines is 1. The van der Waals surface area contributed by atoms with Gasteiger partial charge < -0.3 is 15.8 Å². The molecule has 0 unspecified atom stereocenters. The summed E-state index contributed by atoms with van der Waals surface area (Å²) in [5.41, 5.74) is 7.11. The lowest BCUT2D eigenvalue weighted by Gasteiger charge is -1.98. The monoisotopic (exact) mass is 224 g/mol. The van der Waals surface area contributed by atoms with Gasteiger partial charge in [0.1, 0.15) is 0 Å². The van der Waals surface area contributed by atoms with Gasteiger partial charge in [-0.25, -0.2) is 4.39 Å². The fraction of sp³-hybridized carbons (Fsp3) is 0.333. The smallest absolute Gasteiger partial charge is 0.166 e. The first kappa shape index (κ1) is 12.5. The molecule has 0 bridgehead atoms. The van der Waals surface area contributed by atoms with Crippen molar-refractivity contribution < 1.29 is 9.50 Å². The van der Waals surface area contributed by atoms with Crippen LogP contribution in [0, 0.1) is 5.82 Å². The summed E-state index contributed by atoms with van der Waals surface area (Å²) in [5.74, 6) is -0.936. The van der Waals surface area contributed by atoms with E-state index in [-0.39, 0.29) is 5.75 Å². The van der Waals surface area contributed by atoms with E-state index < -0.39 is 5.82 Å². The van der Waals surface area contributed by atoms with Gasteiger partial charge in [0.05, 0.1) is 0 Å². The van der Waals surface area contributed by atoms with Crippen molar-refractivity contribution in [2.75, 3.05) is 6.54 Å². The Morgan fingerprint density at radius 3 is 2.69 bits per heavy atom. The van der Waals surface area contributed by atoms with Gasteiger partial charge in [-0.05, 0) is 24.6 Å². The minimum Gasteiger partial charge on any atom is -0.505 e. The van der Waals surface area contributed by atoms with Crippen LogP contribution in [0.5, 0.6) is 5.75 Å². The molecule has 0 atom stereocenters. The van der Waals surface area contributed by atoms with Gasteiger partial charge in [-0.15, -0.1) is 0 Å². The second-order valence-electron chi connectivity index (χ2n) is 3.20. The predicted octanol–water partition coefficient (Wildman–Crippen LogP) is 2.54. The highest BCUT2D eigenvalue weighted by atomic mass is 19.1. The first-order chi connectivity index (χ1) is 7.72.